The van der Waals surface area contributed by atoms with Crippen molar-refractivity contribution in [2.24, 2.45) is 4.99 Å². The second-order valence-corrected chi connectivity index (χ2v) is 8.68. The van der Waals surface area contributed by atoms with E-state index in [0.29, 0.717) is 0 Å². The molecule has 2 unspecified atom stereocenters. The Kier molecular flexibility index (Phi) is 7.08. The van der Waals surface area contributed by atoms with Crippen molar-refractivity contribution < 1.29 is 17.9 Å². The maximum atomic E-state index is 12.4. The van der Waals surface area contributed by atoms with Crippen LogP contribution in [-0.4, -0.2) is 47.5 Å². The van der Waals surface area contributed by atoms with Crippen molar-refractivity contribution in [3.8, 4) is 5.75 Å². The van der Waals surface area contributed by atoms with Crippen LogP contribution in [0, 0.1) is 6.92 Å². The summed E-state index contributed by atoms with van der Waals surface area (Å²) < 4.78 is 45.6. The number of piperidine rings is 1. The molecule has 2 aliphatic heterocycles. The Morgan fingerprint density at radius 2 is 2.12 bits per heavy atom. The van der Waals surface area contributed by atoms with Gasteiger partial charge >= 0.3 is 6.36 Å². The lowest BCUT2D eigenvalue weighted by molar-refractivity contribution is -0.274. The fraction of sp³-hybridized carbons (Fsp3) is 0.455. The minimum Gasteiger partial charge on any atom is -0.406 e. The molecular weight excluding hydrogens is 453 g/mol. The molecule has 4 rings (SSSR count). The molecule has 1 aromatic heterocycles. The molecule has 178 valence electrons. The highest BCUT2D eigenvalue weighted by molar-refractivity contribution is 7.10. The van der Waals surface area contributed by atoms with Gasteiger partial charge in [0.15, 0.2) is 6.29 Å². The minimum atomic E-state index is -4.69. The number of aliphatic imine (C=N–C) groups is 1. The molecule has 2 N–H and O–H groups in total. The maximum absolute atomic E-state index is 12.4. The second-order valence-electron chi connectivity index (χ2n) is 7.90. The van der Waals surface area contributed by atoms with Gasteiger partial charge in [-0.1, -0.05) is 12.1 Å². The first-order valence-corrected chi connectivity index (χ1v) is 11.7. The Bertz CT molecular complexity index is 991. The van der Waals surface area contributed by atoms with Crippen molar-refractivity contribution in [2.45, 2.75) is 45.3 Å². The largest absolute Gasteiger partial charge is 0.573 e. The fourth-order valence-corrected chi connectivity index (χ4v) is 4.82. The average Bonchev–Trinajstić information content (AvgIpc) is 3.39. The number of halogens is 3. The van der Waals surface area contributed by atoms with Gasteiger partial charge in [0.05, 0.1) is 5.69 Å². The van der Waals surface area contributed by atoms with Crippen LogP contribution in [0.4, 0.5) is 18.2 Å². The Labute approximate surface area is 195 Å². The van der Waals surface area contributed by atoms with Crippen molar-refractivity contribution in [3.63, 3.8) is 0 Å². The Hall–Kier alpha value is -2.79. The third-order valence-electron chi connectivity index (χ3n) is 5.52. The summed E-state index contributed by atoms with van der Waals surface area (Å²) in [5, 5.41) is 6.45. The summed E-state index contributed by atoms with van der Waals surface area (Å²) in [5.41, 5.74) is 5.29. The normalized spacial score (nSPS) is 20.6. The molecule has 1 saturated heterocycles. The number of hydrogen-bond donors (Lipinski definition) is 2. The topological polar surface area (TPSA) is 65.0 Å². The smallest absolute Gasteiger partial charge is 0.406 e. The van der Waals surface area contributed by atoms with Crippen LogP contribution in [0.3, 0.4) is 0 Å². The highest BCUT2D eigenvalue weighted by Crippen LogP contribution is 2.32. The molecule has 1 aromatic carbocycles. The molecule has 0 spiro atoms. The Balaban J connectivity index is 1.36. The van der Waals surface area contributed by atoms with Crippen molar-refractivity contribution in [1.82, 2.24) is 20.1 Å². The number of alkyl halides is 3. The molecule has 11 heteroatoms. The van der Waals surface area contributed by atoms with E-state index in [1.807, 2.05) is 18.1 Å². The Morgan fingerprint density at radius 3 is 2.79 bits per heavy atom. The molecule has 0 amide bonds. The highest BCUT2D eigenvalue weighted by atomic mass is 32.1. The third kappa shape index (κ3) is 5.97. The van der Waals surface area contributed by atoms with E-state index in [9.17, 15) is 13.2 Å². The first kappa shape index (κ1) is 23.4. The number of rotatable bonds is 8. The zero-order valence-corrected chi connectivity index (χ0v) is 19.3. The summed E-state index contributed by atoms with van der Waals surface area (Å²) in [6.07, 6.45) is 0.815. The first-order valence-electron chi connectivity index (χ1n) is 10.9. The molecule has 2 aliphatic rings. The monoisotopic (exact) mass is 480 g/mol. The zero-order valence-electron chi connectivity index (χ0n) is 18.5. The number of amidine groups is 1. The summed E-state index contributed by atoms with van der Waals surface area (Å²) in [4.78, 5) is 7.02. The van der Waals surface area contributed by atoms with Gasteiger partial charge in [-0.05, 0) is 74.3 Å². The van der Waals surface area contributed by atoms with Gasteiger partial charge in [-0.25, -0.2) is 4.99 Å². The molecule has 0 bridgehead atoms. The fourth-order valence-electron chi connectivity index (χ4n) is 3.99. The number of benzene rings is 1. The SMILES string of the molecule is CCN(C/C=C/NC1N=C2C(c3ccc(OC(F)(F)F)cc3)CCCN2N1)c1cc(C)ns1. The molecule has 0 radical (unpaired) electrons. The number of likely N-dealkylation sites (N-methyl/N-ethyl adjacent to an activating group) is 1. The van der Waals surface area contributed by atoms with Crippen LogP contribution in [0.25, 0.3) is 0 Å². The van der Waals surface area contributed by atoms with Gasteiger partial charge in [-0.3, -0.25) is 5.01 Å². The molecule has 3 heterocycles. The second kappa shape index (κ2) is 10.0. The van der Waals surface area contributed by atoms with Crippen LogP contribution in [-0.2, 0) is 0 Å². The van der Waals surface area contributed by atoms with E-state index in [4.69, 9.17) is 4.99 Å². The number of aryl methyl sites for hydroxylation is 1. The lowest BCUT2D eigenvalue weighted by Gasteiger charge is -2.31. The predicted molar refractivity (Wildman–Crippen MR) is 123 cm³/mol. The summed E-state index contributed by atoms with van der Waals surface area (Å²) >= 11 is 1.50. The minimum absolute atomic E-state index is 0.0205. The molecule has 0 saturated carbocycles. The third-order valence-corrected chi connectivity index (χ3v) is 6.47. The molecular formula is C22H27F3N6OS. The Morgan fingerprint density at radius 1 is 1.33 bits per heavy atom. The number of aromatic nitrogens is 1. The summed E-state index contributed by atoms with van der Waals surface area (Å²) in [7, 11) is 0. The molecule has 0 aliphatic carbocycles. The number of hydrogen-bond acceptors (Lipinski definition) is 8. The average molecular weight is 481 g/mol. The molecule has 7 nitrogen and oxygen atoms in total. The molecule has 2 atom stereocenters. The van der Waals surface area contributed by atoms with Gasteiger partial charge in [0, 0.05) is 25.6 Å². The number of hydrazine groups is 1. The van der Waals surface area contributed by atoms with E-state index in [0.717, 1.165) is 54.6 Å². The van der Waals surface area contributed by atoms with Crippen molar-refractivity contribution in [2.75, 3.05) is 24.5 Å². The summed E-state index contributed by atoms with van der Waals surface area (Å²) in [6.45, 7) is 6.58. The van der Waals surface area contributed by atoms with Crippen molar-refractivity contribution >= 4 is 22.4 Å². The van der Waals surface area contributed by atoms with Gasteiger partial charge in [0.2, 0.25) is 0 Å². The number of nitrogens with one attached hydrogen (secondary N) is 2. The quantitative estimate of drug-likeness (QED) is 0.586. The number of fused-ring (bicyclic) bond motifs is 1. The van der Waals surface area contributed by atoms with Gasteiger partial charge in [-0.2, -0.15) is 9.80 Å². The van der Waals surface area contributed by atoms with Crippen LogP contribution in [0.15, 0.2) is 47.6 Å². The first-order chi connectivity index (χ1) is 15.8. The molecule has 33 heavy (non-hydrogen) atoms. The van der Waals surface area contributed by atoms with E-state index >= 15 is 0 Å². The van der Waals surface area contributed by atoms with E-state index in [1.165, 1.54) is 23.7 Å². The predicted octanol–water partition coefficient (Wildman–Crippen LogP) is 4.36. The zero-order chi connectivity index (χ0) is 23.4. The van der Waals surface area contributed by atoms with E-state index < -0.39 is 6.36 Å². The van der Waals surface area contributed by atoms with Crippen molar-refractivity contribution in [1.29, 1.82) is 0 Å². The van der Waals surface area contributed by atoms with Gasteiger partial charge in [0.25, 0.3) is 0 Å². The van der Waals surface area contributed by atoms with E-state index in [-0.39, 0.29) is 18.0 Å². The van der Waals surface area contributed by atoms with Gasteiger partial charge in [-0.15, -0.1) is 13.2 Å². The number of ether oxygens (including phenoxy) is 1. The van der Waals surface area contributed by atoms with Crippen molar-refractivity contribution in [3.05, 3.63) is 53.9 Å². The number of anilines is 1. The summed E-state index contributed by atoms with van der Waals surface area (Å²) in [6, 6.07) is 8.15. The van der Waals surface area contributed by atoms with Crippen LogP contribution in [0.5, 0.6) is 5.75 Å². The maximum Gasteiger partial charge on any atom is 0.573 e. The van der Waals surface area contributed by atoms with Crippen LogP contribution in [0.2, 0.25) is 0 Å². The van der Waals surface area contributed by atoms with Crippen LogP contribution >= 0.6 is 11.5 Å². The van der Waals surface area contributed by atoms with Crippen LogP contribution < -0.4 is 20.4 Å². The molecule has 2 aromatic rings. The lowest BCUT2D eigenvalue weighted by atomic mass is 9.90. The number of nitrogens with zero attached hydrogens (tertiary/aromatic N) is 4. The highest BCUT2D eigenvalue weighted by Gasteiger charge is 2.34. The van der Waals surface area contributed by atoms with Crippen LogP contribution in [0.1, 0.15) is 36.9 Å². The molecule has 1 fully saturated rings. The van der Waals surface area contributed by atoms with Gasteiger partial charge < -0.3 is 15.0 Å². The standard InChI is InChI=1S/C22H27F3N6OS/c1-3-30(19-14-15(2)29-33-19)12-5-11-26-21-27-20-18(6-4-13-31(20)28-21)16-7-9-17(10-8-16)32-22(23,24)25/h5,7-11,14,18,21,26,28H,3-4,6,12-13H2,1-2H3/b11-5+. The van der Waals surface area contributed by atoms with E-state index in [1.54, 1.807) is 12.1 Å². The van der Waals surface area contributed by atoms with E-state index in [2.05, 4.69) is 43.8 Å². The van der Waals surface area contributed by atoms with Gasteiger partial charge in [0.1, 0.15) is 16.6 Å². The lowest BCUT2D eigenvalue weighted by Crippen LogP contribution is -2.48. The summed E-state index contributed by atoms with van der Waals surface area (Å²) in [5.74, 6) is 0.698.